The molecule has 2 aliphatic rings. The third-order valence-electron chi connectivity index (χ3n) is 5.51. The summed E-state index contributed by atoms with van der Waals surface area (Å²) in [7, 11) is 1.93. The van der Waals surface area contributed by atoms with Crippen molar-refractivity contribution in [2.45, 2.75) is 24.9 Å². The van der Waals surface area contributed by atoms with Crippen LogP contribution in [0.15, 0.2) is 42.5 Å². The number of nitrogens with one attached hydrogen (secondary N) is 1. The van der Waals surface area contributed by atoms with Crippen molar-refractivity contribution >= 4 is 5.91 Å². The van der Waals surface area contributed by atoms with Crippen LogP contribution in [0, 0.1) is 17.6 Å². The number of ether oxygens (including phenoxy) is 1. The van der Waals surface area contributed by atoms with Gasteiger partial charge in [-0.15, -0.1) is 0 Å². The number of carbonyl (C=O) groups excluding carboxylic acids is 1. The standard InChI is InChI=1S/C21H22F2N2O2/c1-25-9-8-18(20(25)14-6-7-16(22)17(23)11-14)24-21(26)15-10-13-4-2-3-5-19(13)27-12-15/h2-7,11,15,18,20H,8-10,12H2,1H3,(H,24,26). The summed E-state index contributed by atoms with van der Waals surface area (Å²) in [6.45, 7) is 1.12. The monoisotopic (exact) mass is 372 g/mol. The zero-order valence-corrected chi connectivity index (χ0v) is 15.1. The zero-order valence-electron chi connectivity index (χ0n) is 15.1. The Balaban J connectivity index is 1.48. The molecule has 2 aliphatic heterocycles. The first kappa shape index (κ1) is 17.9. The number of hydrogen-bond donors (Lipinski definition) is 1. The number of likely N-dealkylation sites (tertiary alicyclic amines) is 1. The smallest absolute Gasteiger partial charge is 0.227 e. The van der Waals surface area contributed by atoms with E-state index in [1.165, 1.54) is 6.07 Å². The van der Waals surface area contributed by atoms with Crippen molar-refractivity contribution in [3.8, 4) is 5.75 Å². The predicted octanol–water partition coefficient (Wildman–Crippen LogP) is 3.08. The summed E-state index contributed by atoms with van der Waals surface area (Å²) in [4.78, 5) is 14.9. The number of benzene rings is 2. The van der Waals surface area contributed by atoms with Crippen LogP contribution in [0.1, 0.15) is 23.6 Å². The maximum Gasteiger partial charge on any atom is 0.227 e. The van der Waals surface area contributed by atoms with Gasteiger partial charge in [0.1, 0.15) is 12.4 Å². The molecule has 1 saturated heterocycles. The summed E-state index contributed by atoms with van der Waals surface area (Å²) in [6.07, 6.45) is 1.40. The molecular formula is C21H22F2N2O2. The molecule has 3 unspecified atom stereocenters. The first-order chi connectivity index (χ1) is 13.0. The average molecular weight is 372 g/mol. The van der Waals surface area contributed by atoms with Crippen molar-refractivity contribution in [1.82, 2.24) is 10.2 Å². The number of halogens is 2. The van der Waals surface area contributed by atoms with Gasteiger partial charge in [-0.1, -0.05) is 24.3 Å². The van der Waals surface area contributed by atoms with E-state index in [1.54, 1.807) is 6.07 Å². The van der Waals surface area contributed by atoms with Gasteiger partial charge in [0.05, 0.1) is 12.0 Å². The molecule has 2 heterocycles. The van der Waals surface area contributed by atoms with Gasteiger partial charge in [-0.05, 0) is 49.2 Å². The summed E-state index contributed by atoms with van der Waals surface area (Å²) >= 11 is 0. The van der Waals surface area contributed by atoms with Crippen LogP contribution in [0.5, 0.6) is 5.75 Å². The van der Waals surface area contributed by atoms with Crippen molar-refractivity contribution in [3.05, 3.63) is 65.2 Å². The highest BCUT2D eigenvalue weighted by Crippen LogP contribution is 2.33. The molecule has 2 aromatic carbocycles. The lowest BCUT2D eigenvalue weighted by Gasteiger charge is -2.29. The van der Waals surface area contributed by atoms with Crippen molar-refractivity contribution in [1.29, 1.82) is 0 Å². The minimum Gasteiger partial charge on any atom is -0.492 e. The first-order valence-corrected chi connectivity index (χ1v) is 9.19. The maximum atomic E-state index is 13.7. The van der Waals surface area contributed by atoms with Gasteiger partial charge < -0.3 is 10.1 Å². The van der Waals surface area contributed by atoms with E-state index in [4.69, 9.17) is 4.74 Å². The average Bonchev–Trinajstić information content (AvgIpc) is 3.03. The van der Waals surface area contributed by atoms with Crippen molar-refractivity contribution in [3.63, 3.8) is 0 Å². The van der Waals surface area contributed by atoms with Crippen molar-refractivity contribution in [2.75, 3.05) is 20.2 Å². The molecule has 1 fully saturated rings. The molecule has 1 amide bonds. The molecule has 2 aromatic rings. The number of likely N-dealkylation sites (N-methyl/N-ethyl adjacent to an activating group) is 1. The first-order valence-electron chi connectivity index (χ1n) is 9.19. The highest BCUT2D eigenvalue weighted by atomic mass is 19.2. The van der Waals surface area contributed by atoms with E-state index >= 15 is 0 Å². The zero-order chi connectivity index (χ0) is 19.0. The second-order valence-electron chi connectivity index (χ2n) is 7.32. The Bertz CT molecular complexity index is 858. The van der Waals surface area contributed by atoms with Gasteiger partial charge in [0.2, 0.25) is 5.91 Å². The normalized spacial score (nSPS) is 24.9. The summed E-state index contributed by atoms with van der Waals surface area (Å²) in [5.41, 5.74) is 1.70. The number of carbonyl (C=O) groups is 1. The Hall–Kier alpha value is -2.47. The van der Waals surface area contributed by atoms with Crippen LogP contribution in [-0.4, -0.2) is 37.0 Å². The van der Waals surface area contributed by atoms with E-state index < -0.39 is 11.6 Å². The summed E-state index contributed by atoms with van der Waals surface area (Å²) in [5, 5.41) is 3.12. The predicted molar refractivity (Wildman–Crippen MR) is 97.4 cm³/mol. The highest BCUT2D eigenvalue weighted by molar-refractivity contribution is 5.80. The fraction of sp³-hybridized carbons (Fsp3) is 0.381. The van der Waals surface area contributed by atoms with E-state index in [-0.39, 0.29) is 23.9 Å². The number of hydrogen-bond acceptors (Lipinski definition) is 3. The highest BCUT2D eigenvalue weighted by Gasteiger charge is 2.36. The van der Waals surface area contributed by atoms with Crippen molar-refractivity contribution in [2.24, 2.45) is 5.92 Å². The largest absolute Gasteiger partial charge is 0.492 e. The second-order valence-corrected chi connectivity index (χ2v) is 7.32. The Morgan fingerprint density at radius 3 is 2.81 bits per heavy atom. The Kier molecular flexibility index (Phi) is 4.83. The van der Waals surface area contributed by atoms with Crippen LogP contribution in [0.3, 0.4) is 0 Å². The fourth-order valence-electron chi connectivity index (χ4n) is 4.08. The topological polar surface area (TPSA) is 41.6 Å². The van der Waals surface area contributed by atoms with Crippen LogP contribution in [0.4, 0.5) is 8.78 Å². The summed E-state index contributed by atoms with van der Waals surface area (Å²) in [6, 6.07) is 11.4. The van der Waals surface area contributed by atoms with Crippen LogP contribution in [-0.2, 0) is 11.2 Å². The molecule has 4 nitrogen and oxygen atoms in total. The minimum absolute atomic E-state index is 0.0580. The van der Waals surface area contributed by atoms with E-state index in [9.17, 15) is 13.6 Å². The molecule has 0 aromatic heterocycles. The van der Waals surface area contributed by atoms with Gasteiger partial charge in [0.15, 0.2) is 11.6 Å². The van der Waals surface area contributed by atoms with E-state index in [2.05, 4.69) is 10.2 Å². The number of fused-ring (bicyclic) bond motifs is 1. The lowest BCUT2D eigenvalue weighted by Crippen LogP contribution is -2.44. The van der Waals surface area contributed by atoms with Crippen LogP contribution in [0.2, 0.25) is 0 Å². The molecule has 0 spiro atoms. The number of rotatable bonds is 3. The van der Waals surface area contributed by atoms with Crippen LogP contribution in [0.25, 0.3) is 0 Å². The molecule has 0 radical (unpaired) electrons. The molecule has 3 atom stereocenters. The molecule has 0 bridgehead atoms. The molecule has 6 heteroatoms. The quantitative estimate of drug-likeness (QED) is 0.900. The van der Waals surface area contributed by atoms with Crippen LogP contribution >= 0.6 is 0 Å². The van der Waals surface area contributed by atoms with E-state index in [0.29, 0.717) is 18.6 Å². The van der Waals surface area contributed by atoms with Gasteiger partial charge in [-0.25, -0.2) is 8.78 Å². The van der Waals surface area contributed by atoms with E-state index in [0.717, 1.165) is 30.3 Å². The Morgan fingerprint density at radius 1 is 1.19 bits per heavy atom. The lowest BCUT2D eigenvalue weighted by molar-refractivity contribution is -0.127. The molecule has 27 heavy (non-hydrogen) atoms. The van der Waals surface area contributed by atoms with Crippen molar-refractivity contribution < 1.29 is 18.3 Å². The molecule has 1 N–H and O–H groups in total. The Labute approximate surface area is 157 Å². The SMILES string of the molecule is CN1CCC(NC(=O)C2COc3ccccc3C2)C1c1ccc(F)c(F)c1. The lowest BCUT2D eigenvalue weighted by atomic mass is 9.94. The number of para-hydroxylation sites is 1. The molecule has 142 valence electrons. The summed E-state index contributed by atoms with van der Waals surface area (Å²) < 4.78 is 32.7. The molecular weight excluding hydrogens is 350 g/mol. The number of nitrogens with zero attached hydrogens (tertiary/aromatic N) is 1. The van der Waals surface area contributed by atoms with Gasteiger partial charge in [-0.3, -0.25) is 9.69 Å². The van der Waals surface area contributed by atoms with Gasteiger partial charge >= 0.3 is 0 Å². The fourth-order valence-corrected chi connectivity index (χ4v) is 4.08. The molecule has 4 rings (SSSR count). The number of amides is 1. The van der Waals surface area contributed by atoms with Gasteiger partial charge in [-0.2, -0.15) is 0 Å². The third kappa shape index (κ3) is 3.54. The third-order valence-corrected chi connectivity index (χ3v) is 5.51. The second kappa shape index (κ2) is 7.27. The summed E-state index contributed by atoms with van der Waals surface area (Å²) in [5.74, 6) is -1.20. The van der Waals surface area contributed by atoms with E-state index in [1.807, 2.05) is 31.3 Å². The van der Waals surface area contributed by atoms with Crippen LogP contribution < -0.4 is 10.1 Å². The van der Waals surface area contributed by atoms with Gasteiger partial charge in [0, 0.05) is 12.6 Å². The molecule has 0 saturated carbocycles. The maximum absolute atomic E-state index is 13.7. The minimum atomic E-state index is -0.866. The van der Waals surface area contributed by atoms with Gasteiger partial charge in [0.25, 0.3) is 0 Å². The Morgan fingerprint density at radius 2 is 2.00 bits per heavy atom. The molecule has 0 aliphatic carbocycles.